The van der Waals surface area contributed by atoms with E-state index in [1.807, 2.05) is 13.8 Å². The lowest BCUT2D eigenvalue weighted by atomic mass is 9.90. The van der Waals surface area contributed by atoms with Crippen molar-refractivity contribution >= 4 is 17.5 Å². The van der Waals surface area contributed by atoms with Crippen molar-refractivity contribution in [3.63, 3.8) is 0 Å². The second-order valence-corrected chi connectivity index (χ2v) is 4.41. The fraction of sp³-hybridized carbons (Fsp3) is 0.889. The number of aliphatic hydroxyl groups is 1. The summed E-state index contributed by atoms with van der Waals surface area (Å²) in [5, 5.41) is 8.92. The number of amides is 1. The molecule has 1 atom stereocenters. The molecule has 1 aliphatic heterocycles. The molecule has 1 heterocycles. The predicted octanol–water partition coefficient (Wildman–Crippen LogP) is 0.845. The molecule has 0 aromatic heterocycles. The first-order valence-corrected chi connectivity index (χ1v) is 5.04. The topological polar surface area (TPSA) is 40.5 Å². The third-order valence-electron chi connectivity index (χ3n) is 2.53. The van der Waals surface area contributed by atoms with E-state index < -0.39 is 5.41 Å². The second kappa shape index (κ2) is 3.84. The minimum Gasteiger partial charge on any atom is -0.394 e. The van der Waals surface area contributed by atoms with Crippen molar-refractivity contribution in [1.82, 2.24) is 4.90 Å². The smallest absolute Gasteiger partial charge is 0.229 e. The van der Waals surface area contributed by atoms with Gasteiger partial charge in [-0.05, 0) is 20.3 Å². The normalized spacial score (nSPS) is 22.8. The van der Waals surface area contributed by atoms with E-state index in [1.165, 1.54) is 0 Å². The number of rotatable bonds is 3. The molecule has 1 N–H and O–H groups in total. The molecule has 0 aromatic rings. The minimum absolute atomic E-state index is 0.0231. The van der Waals surface area contributed by atoms with Gasteiger partial charge < -0.3 is 10.0 Å². The van der Waals surface area contributed by atoms with Gasteiger partial charge >= 0.3 is 0 Å². The molecule has 1 saturated heterocycles. The van der Waals surface area contributed by atoms with Crippen LogP contribution in [0.25, 0.3) is 0 Å². The van der Waals surface area contributed by atoms with Crippen LogP contribution in [-0.2, 0) is 4.79 Å². The number of nitrogens with zero attached hydrogens (tertiary/aromatic N) is 1. The van der Waals surface area contributed by atoms with Gasteiger partial charge in [0.1, 0.15) is 0 Å². The van der Waals surface area contributed by atoms with Crippen molar-refractivity contribution in [1.29, 1.82) is 0 Å². The molecule has 1 aliphatic rings. The molecule has 0 spiro atoms. The van der Waals surface area contributed by atoms with Gasteiger partial charge in [0, 0.05) is 12.4 Å². The molecule has 1 amide bonds. The first-order chi connectivity index (χ1) is 6.03. The Labute approximate surface area is 83.7 Å². The van der Waals surface area contributed by atoms with E-state index in [1.54, 1.807) is 4.90 Å². The molecule has 0 aromatic carbocycles. The van der Waals surface area contributed by atoms with Crippen LogP contribution in [0, 0.1) is 5.41 Å². The van der Waals surface area contributed by atoms with Crippen LogP contribution >= 0.6 is 11.6 Å². The van der Waals surface area contributed by atoms with Crippen molar-refractivity contribution in [2.24, 2.45) is 5.41 Å². The van der Waals surface area contributed by atoms with Gasteiger partial charge in [0.25, 0.3) is 0 Å². The Morgan fingerprint density at radius 2 is 2.31 bits per heavy atom. The molecule has 1 fully saturated rings. The highest BCUT2D eigenvalue weighted by Crippen LogP contribution is 2.27. The lowest BCUT2D eigenvalue weighted by molar-refractivity contribution is -0.148. The number of halogens is 1. The summed E-state index contributed by atoms with van der Waals surface area (Å²) in [5.41, 5.74) is -0.505. The Bertz CT molecular complexity index is 204. The quantitative estimate of drug-likeness (QED) is 0.694. The third-order valence-corrected chi connectivity index (χ3v) is 3.20. The van der Waals surface area contributed by atoms with E-state index in [9.17, 15) is 4.79 Å². The monoisotopic (exact) mass is 205 g/mol. The highest BCUT2D eigenvalue weighted by molar-refractivity contribution is 6.19. The van der Waals surface area contributed by atoms with Crippen molar-refractivity contribution in [3.05, 3.63) is 0 Å². The molecule has 0 radical (unpaired) electrons. The Morgan fingerprint density at radius 3 is 2.62 bits per heavy atom. The van der Waals surface area contributed by atoms with Crippen LogP contribution < -0.4 is 0 Å². The number of aliphatic hydroxyl groups excluding tert-OH is 1. The largest absolute Gasteiger partial charge is 0.394 e. The maximum absolute atomic E-state index is 11.8. The second-order valence-electron chi connectivity index (χ2n) is 4.14. The summed E-state index contributed by atoms with van der Waals surface area (Å²) >= 11 is 5.69. The zero-order valence-electron chi connectivity index (χ0n) is 8.09. The fourth-order valence-electron chi connectivity index (χ4n) is 1.34. The van der Waals surface area contributed by atoms with Gasteiger partial charge in [0.15, 0.2) is 0 Å². The minimum atomic E-state index is -0.505. The summed E-state index contributed by atoms with van der Waals surface area (Å²) < 4.78 is 0. The Hall–Kier alpha value is -0.280. The zero-order valence-corrected chi connectivity index (χ0v) is 8.84. The maximum atomic E-state index is 11.8. The zero-order chi connectivity index (χ0) is 10.1. The SMILES string of the molecule is CC(C)(CCl)C(=O)N1CCC1CO. The van der Waals surface area contributed by atoms with Crippen molar-refractivity contribution < 1.29 is 9.90 Å². The van der Waals surface area contributed by atoms with Crippen LogP contribution in [0.1, 0.15) is 20.3 Å². The van der Waals surface area contributed by atoms with Crippen LogP contribution in [0.15, 0.2) is 0 Å². The summed E-state index contributed by atoms with van der Waals surface area (Å²) in [6, 6.07) is 0.0231. The van der Waals surface area contributed by atoms with Gasteiger partial charge in [-0.1, -0.05) is 0 Å². The lowest BCUT2D eigenvalue weighted by Gasteiger charge is -2.43. The number of likely N-dealkylation sites (tertiary alicyclic amines) is 1. The molecule has 1 rings (SSSR count). The first-order valence-electron chi connectivity index (χ1n) is 4.51. The van der Waals surface area contributed by atoms with Crippen LogP contribution in [0.3, 0.4) is 0 Å². The third kappa shape index (κ3) is 1.97. The highest BCUT2D eigenvalue weighted by Gasteiger charge is 2.39. The number of hydrogen-bond donors (Lipinski definition) is 1. The highest BCUT2D eigenvalue weighted by atomic mass is 35.5. The maximum Gasteiger partial charge on any atom is 0.229 e. The summed E-state index contributed by atoms with van der Waals surface area (Å²) in [4.78, 5) is 13.5. The van der Waals surface area contributed by atoms with Crippen molar-refractivity contribution in [3.8, 4) is 0 Å². The van der Waals surface area contributed by atoms with Gasteiger partial charge in [-0.3, -0.25) is 4.79 Å². The van der Waals surface area contributed by atoms with Crippen molar-refractivity contribution in [2.45, 2.75) is 26.3 Å². The van der Waals surface area contributed by atoms with Crippen molar-refractivity contribution in [2.75, 3.05) is 19.0 Å². The average molecular weight is 206 g/mol. The number of hydrogen-bond acceptors (Lipinski definition) is 2. The predicted molar refractivity (Wildman–Crippen MR) is 51.7 cm³/mol. The lowest BCUT2D eigenvalue weighted by Crippen LogP contribution is -2.57. The van der Waals surface area contributed by atoms with Gasteiger partial charge in [0.2, 0.25) is 5.91 Å². The Balaban J connectivity index is 2.58. The fourth-order valence-corrected chi connectivity index (χ4v) is 1.46. The summed E-state index contributed by atoms with van der Waals surface area (Å²) in [7, 11) is 0. The van der Waals surface area contributed by atoms with E-state index >= 15 is 0 Å². The molecule has 1 unspecified atom stereocenters. The van der Waals surface area contributed by atoms with E-state index in [2.05, 4.69) is 0 Å². The van der Waals surface area contributed by atoms with Crippen LogP contribution in [0.5, 0.6) is 0 Å². The molecule has 76 valence electrons. The molecule has 3 nitrogen and oxygen atoms in total. The van der Waals surface area contributed by atoms with E-state index in [0.29, 0.717) is 5.88 Å². The summed E-state index contributed by atoms with van der Waals surface area (Å²) in [6.07, 6.45) is 0.903. The molecule has 0 aliphatic carbocycles. The average Bonchev–Trinajstić information content (AvgIpc) is 2.03. The summed E-state index contributed by atoms with van der Waals surface area (Å²) in [6.45, 7) is 4.47. The van der Waals surface area contributed by atoms with Crippen LogP contribution in [0.2, 0.25) is 0 Å². The molecule has 13 heavy (non-hydrogen) atoms. The van der Waals surface area contributed by atoms with E-state index in [0.717, 1.165) is 13.0 Å². The number of carbonyl (C=O) groups is 1. The molecule has 4 heteroatoms. The summed E-state index contributed by atoms with van der Waals surface area (Å²) in [5.74, 6) is 0.369. The Kier molecular flexibility index (Phi) is 3.19. The van der Waals surface area contributed by atoms with Crippen LogP contribution in [-0.4, -0.2) is 41.0 Å². The van der Waals surface area contributed by atoms with E-state index in [4.69, 9.17) is 16.7 Å². The van der Waals surface area contributed by atoms with Gasteiger partial charge in [-0.2, -0.15) is 0 Å². The molecule has 0 saturated carbocycles. The molecular formula is C9H16ClNO2. The van der Waals surface area contributed by atoms with Gasteiger partial charge in [-0.15, -0.1) is 11.6 Å². The van der Waals surface area contributed by atoms with Gasteiger partial charge in [-0.25, -0.2) is 0 Å². The van der Waals surface area contributed by atoms with E-state index in [-0.39, 0.29) is 18.6 Å². The first kappa shape index (κ1) is 10.8. The standard InChI is InChI=1S/C9H16ClNO2/c1-9(2,6-10)8(13)11-4-3-7(11)5-12/h7,12H,3-6H2,1-2H3. The Morgan fingerprint density at radius 1 is 1.69 bits per heavy atom. The van der Waals surface area contributed by atoms with Crippen LogP contribution in [0.4, 0.5) is 0 Å². The molecule has 0 bridgehead atoms. The number of alkyl halides is 1. The van der Waals surface area contributed by atoms with Gasteiger partial charge in [0.05, 0.1) is 18.1 Å². The number of carbonyl (C=O) groups excluding carboxylic acids is 1. The molecular weight excluding hydrogens is 190 g/mol.